The molecule has 0 saturated heterocycles. The maximum atomic E-state index is 8.85. The molecular weight excluding hydrogens is 332 g/mol. The fourth-order valence-electron chi connectivity index (χ4n) is 2.76. The molecule has 0 atom stereocenters. The summed E-state index contributed by atoms with van der Waals surface area (Å²) in [6.07, 6.45) is 0. The molecule has 0 spiro atoms. The number of rotatable bonds is 5. The van der Waals surface area contributed by atoms with Crippen molar-refractivity contribution in [1.82, 2.24) is 15.0 Å². The largest absolute Gasteiger partial charge is 0.454 e. The molecule has 26 heavy (non-hydrogen) atoms. The minimum atomic E-state index is 0.233. The number of benzene rings is 2. The molecule has 0 aliphatic carbocycles. The molecule has 0 radical (unpaired) electrons. The lowest BCUT2D eigenvalue weighted by atomic mass is 10.1. The molecule has 0 fully saturated rings. The van der Waals surface area contributed by atoms with Crippen molar-refractivity contribution in [2.24, 2.45) is 0 Å². The van der Waals surface area contributed by atoms with Crippen molar-refractivity contribution >= 4 is 0 Å². The summed E-state index contributed by atoms with van der Waals surface area (Å²) in [4.78, 5) is 6.52. The van der Waals surface area contributed by atoms with E-state index in [0.29, 0.717) is 36.1 Å². The van der Waals surface area contributed by atoms with Crippen molar-refractivity contribution in [3.05, 3.63) is 59.5 Å². The van der Waals surface area contributed by atoms with Gasteiger partial charge in [0.15, 0.2) is 11.5 Å². The Kier molecular flexibility index (Phi) is 4.25. The zero-order valence-corrected chi connectivity index (χ0v) is 14.2. The summed E-state index contributed by atoms with van der Waals surface area (Å²) in [6.45, 7) is 1.47. The third-order valence-electron chi connectivity index (χ3n) is 4.04. The average Bonchev–Trinajstić information content (AvgIpc) is 3.30. The Morgan fingerprint density at radius 1 is 1.08 bits per heavy atom. The van der Waals surface area contributed by atoms with Crippen LogP contribution in [0.15, 0.2) is 47.0 Å². The van der Waals surface area contributed by atoms with Crippen LogP contribution in [0.1, 0.15) is 17.0 Å². The van der Waals surface area contributed by atoms with Crippen LogP contribution in [0.25, 0.3) is 11.4 Å². The van der Waals surface area contributed by atoms with Gasteiger partial charge in [0.2, 0.25) is 18.5 Å². The van der Waals surface area contributed by atoms with Crippen molar-refractivity contribution in [2.75, 3.05) is 13.8 Å². The molecule has 2 aromatic carbocycles. The Bertz CT molecular complexity index is 960. The van der Waals surface area contributed by atoms with Gasteiger partial charge < -0.3 is 14.0 Å². The number of hydrogen-bond donors (Lipinski definition) is 0. The van der Waals surface area contributed by atoms with E-state index in [-0.39, 0.29) is 6.79 Å². The van der Waals surface area contributed by atoms with Gasteiger partial charge in [0, 0.05) is 12.1 Å². The van der Waals surface area contributed by atoms with E-state index >= 15 is 0 Å². The normalized spacial score (nSPS) is 12.3. The van der Waals surface area contributed by atoms with Gasteiger partial charge in [-0.1, -0.05) is 17.3 Å². The second-order valence-electron chi connectivity index (χ2n) is 6.06. The Morgan fingerprint density at radius 3 is 2.69 bits per heavy atom. The predicted octanol–water partition coefficient (Wildman–Crippen LogP) is 2.97. The Morgan fingerprint density at radius 2 is 1.88 bits per heavy atom. The molecule has 0 N–H and O–H groups in total. The summed E-state index contributed by atoms with van der Waals surface area (Å²) in [6, 6.07) is 15.2. The molecule has 2 heterocycles. The summed E-state index contributed by atoms with van der Waals surface area (Å²) in [7, 11) is 1.97. The van der Waals surface area contributed by atoms with Gasteiger partial charge in [-0.15, -0.1) is 0 Å². The highest BCUT2D eigenvalue weighted by atomic mass is 16.7. The van der Waals surface area contributed by atoms with Crippen molar-refractivity contribution in [2.45, 2.75) is 13.1 Å². The zero-order valence-electron chi connectivity index (χ0n) is 14.2. The Balaban J connectivity index is 1.42. The monoisotopic (exact) mass is 348 g/mol. The van der Waals surface area contributed by atoms with Crippen molar-refractivity contribution in [3.63, 3.8) is 0 Å². The highest BCUT2D eigenvalue weighted by Crippen LogP contribution is 2.35. The molecule has 7 nitrogen and oxygen atoms in total. The Labute approximate surface area is 150 Å². The van der Waals surface area contributed by atoms with E-state index in [1.165, 1.54) is 0 Å². The van der Waals surface area contributed by atoms with Crippen LogP contribution in [0.3, 0.4) is 0 Å². The lowest BCUT2D eigenvalue weighted by Crippen LogP contribution is -2.17. The number of ether oxygens (including phenoxy) is 2. The molecular formula is C19H16N4O3. The smallest absolute Gasteiger partial charge is 0.241 e. The van der Waals surface area contributed by atoms with E-state index in [1.807, 2.05) is 49.5 Å². The fourth-order valence-corrected chi connectivity index (χ4v) is 2.76. The summed E-state index contributed by atoms with van der Waals surface area (Å²) >= 11 is 0. The maximum Gasteiger partial charge on any atom is 0.241 e. The van der Waals surface area contributed by atoms with E-state index in [1.54, 1.807) is 0 Å². The van der Waals surface area contributed by atoms with E-state index in [2.05, 4.69) is 21.1 Å². The highest BCUT2D eigenvalue weighted by Gasteiger charge is 2.17. The fraction of sp³-hybridized carbons (Fsp3) is 0.211. The standard InChI is InChI=1S/C19H16N4O3/c1-23(10-14-4-2-13(9-20)3-5-14)11-18-21-19(22-26-18)15-6-7-16-17(8-15)25-12-24-16/h2-8H,10-12H2,1H3. The van der Waals surface area contributed by atoms with Crippen molar-refractivity contribution < 1.29 is 14.0 Å². The van der Waals surface area contributed by atoms with Crippen LogP contribution in [0.5, 0.6) is 11.5 Å². The average molecular weight is 348 g/mol. The maximum absolute atomic E-state index is 8.85. The van der Waals surface area contributed by atoms with Crippen LogP contribution in [0.4, 0.5) is 0 Å². The van der Waals surface area contributed by atoms with Crippen LogP contribution in [-0.4, -0.2) is 28.9 Å². The second-order valence-corrected chi connectivity index (χ2v) is 6.06. The number of nitriles is 1. The third-order valence-corrected chi connectivity index (χ3v) is 4.04. The van der Waals surface area contributed by atoms with Crippen LogP contribution < -0.4 is 9.47 Å². The van der Waals surface area contributed by atoms with E-state index in [9.17, 15) is 0 Å². The molecule has 130 valence electrons. The SMILES string of the molecule is CN(Cc1ccc(C#N)cc1)Cc1nc(-c2ccc3c(c2)OCO3)no1. The van der Waals surface area contributed by atoms with Gasteiger partial charge in [0.1, 0.15) is 0 Å². The van der Waals surface area contributed by atoms with Gasteiger partial charge in [-0.05, 0) is 42.9 Å². The summed E-state index contributed by atoms with van der Waals surface area (Å²) in [5, 5.41) is 12.9. The molecule has 1 aromatic heterocycles. The first kappa shape index (κ1) is 16.1. The van der Waals surface area contributed by atoms with Crippen LogP contribution in [-0.2, 0) is 13.1 Å². The van der Waals surface area contributed by atoms with Crippen molar-refractivity contribution in [3.8, 4) is 29.0 Å². The van der Waals surface area contributed by atoms with Gasteiger partial charge >= 0.3 is 0 Å². The molecule has 3 aromatic rings. The predicted molar refractivity (Wildman–Crippen MR) is 92.2 cm³/mol. The van der Waals surface area contributed by atoms with Crippen LogP contribution >= 0.6 is 0 Å². The first-order chi connectivity index (χ1) is 12.7. The molecule has 0 amide bonds. The minimum absolute atomic E-state index is 0.233. The van der Waals surface area contributed by atoms with Crippen LogP contribution in [0, 0.1) is 11.3 Å². The highest BCUT2D eigenvalue weighted by molar-refractivity contribution is 5.61. The van der Waals surface area contributed by atoms with E-state index in [0.717, 1.165) is 16.9 Å². The summed E-state index contributed by atoms with van der Waals surface area (Å²) in [5.41, 5.74) is 2.59. The first-order valence-electron chi connectivity index (χ1n) is 8.11. The van der Waals surface area contributed by atoms with Gasteiger partial charge in [0.25, 0.3) is 0 Å². The number of hydrogen-bond acceptors (Lipinski definition) is 7. The molecule has 0 saturated carbocycles. The molecule has 1 aliphatic rings. The zero-order chi connectivity index (χ0) is 17.9. The first-order valence-corrected chi connectivity index (χ1v) is 8.11. The quantitative estimate of drug-likeness (QED) is 0.701. The third kappa shape index (κ3) is 3.36. The molecule has 0 unspecified atom stereocenters. The number of nitrogens with zero attached hydrogens (tertiary/aromatic N) is 4. The topological polar surface area (TPSA) is 84.4 Å². The van der Waals surface area contributed by atoms with Crippen LogP contribution in [0.2, 0.25) is 0 Å². The van der Waals surface area contributed by atoms with Gasteiger partial charge in [-0.2, -0.15) is 10.2 Å². The van der Waals surface area contributed by atoms with E-state index in [4.69, 9.17) is 19.3 Å². The molecule has 4 rings (SSSR count). The summed E-state index contributed by atoms with van der Waals surface area (Å²) in [5.74, 6) is 2.46. The molecule has 1 aliphatic heterocycles. The van der Waals surface area contributed by atoms with Gasteiger partial charge in [-0.25, -0.2) is 0 Å². The minimum Gasteiger partial charge on any atom is -0.454 e. The Hall–Kier alpha value is -3.37. The van der Waals surface area contributed by atoms with Gasteiger partial charge in [0.05, 0.1) is 18.2 Å². The van der Waals surface area contributed by atoms with Gasteiger partial charge in [-0.3, -0.25) is 4.90 Å². The van der Waals surface area contributed by atoms with E-state index < -0.39 is 0 Å². The molecule has 7 heteroatoms. The van der Waals surface area contributed by atoms with Crippen molar-refractivity contribution in [1.29, 1.82) is 5.26 Å². The lowest BCUT2D eigenvalue weighted by molar-refractivity contribution is 0.174. The molecule has 0 bridgehead atoms. The number of aromatic nitrogens is 2. The lowest BCUT2D eigenvalue weighted by Gasteiger charge is -2.13. The summed E-state index contributed by atoms with van der Waals surface area (Å²) < 4.78 is 16.1. The number of fused-ring (bicyclic) bond motifs is 1. The second kappa shape index (κ2) is 6.86.